The first-order valence-electron chi connectivity index (χ1n) is 7.04. The number of nitrogens with zero attached hydrogens (tertiary/aromatic N) is 2. The van der Waals surface area contributed by atoms with Crippen LogP contribution in [0, 0.1) is 0 Å². The largest absolute Gasteiger partial charge is 0.416 e. The molecule has 3 N–H and O–H groups in total. The highest BCUT2D eigenvalue weighted by atomic mass is 19.4. The zero-order valence-electron chi connectivity index (χ0n) is 12.5. The number of halogens is 3. The molecule has 0 aliphatic rings. The van der Waals surface area contributed by atoms with Crippen molar-refractivity contribution in [2.24, 2.45) is 5.73 Å². The molecule has 124 valence electrons. The number of nitrogens with two attached hydrogens (primary N) is 1. The van der Waals surface area contributed by atoms with Crippen LogP contribution in [0.1, 0.15) is 30.5 Å². The first-order chi connectivity index (χ1) is 10.8. The normalized spacial score (nSPS) is 12.9. The predicted octanol–water partition coefficient (Wildman–Crippen LogP) is 2.95. The van der Waals surface area contributed by atoms with E-state index in [-0.39, 0.29) is 12.6 Å². The number of hydrogen-bond acceptors (Lipinski definition) is 3. The molecule has 1 amide bonds. The van der Waals surface area contributed by atoms with Crippen molar-refractivity contribution in [2.75, 3.05) is 5.32 Å². The molecule has 0 aliphatic heterocycles. The fraction of sp³-hybridized carbons (Fsp3) is 0.333. The molecule has 0 aliphatic carbocycles. The highest BCUT2D eigenvalue weighted by Gasteiger charge is 2.30. The SMILES string of the molecule is CCC(Nc1cnn(CC(N)=O)c1)c1ccc(C(F)(F)F)cc1. The van der Waals surface area contributed by atoms with Gasteiger partial charge in [0, 0.05) is 6.20 Å². The van der Waals surface area contributed by atoms with Gasteiger partial charge in [-0.1, -0.05) is 19.1 Å². The maximum Gasteiger partial charge on any atom is 0.416 e. The number of anilines is 1. The first kappa shape index (κ1) is 16.9. The summed E-state index contributed by atoms with van der Waals surface area (Å²) in [4.78, 5) is 10.8. The summed E-state index contributed by atoms with van der Waals surface area (Å²) < 4.78 is 39.2. The Labute approximate surface area is 131 Å². The molecule has 0 saturated heterocycles. The first-order valence-corrected chi connectivity index (χ1v) is 7.04. The molecule has 1 aromatic heterocycles. The van der Waals surface area contributed by atoms with Crippen molar-refractivity contribution in [3.05, 3.63) is 47.8 Å². The van der Waals surface area contributed by atoms with Crippen LogP contribution in [0.3, 0.4) is 0 Å². The average Bonchev–Trinajstić information content (AvgIpc) is 2.90. The molecular formula is C15H17F3N4O. The minimum Gasteiger partial charge on any atom is -0.376 e. The minimum absolute atomic E-state index is 0.0290. The number of nitrogens with one attached hydrogen (secondary N) is 1. The third-order valence-corrected chi connectivity index (χ3v) is 3.34. The molecule has 1 heterocycles. The topological polar surface area (TPSA) is 72.9 Å². The van der Waals surface area contributed by atoms with E-state index in [1.165, 1.54) is 23.0 Å². The Morgan fingerprint density at radius 1 is 1.35 bits per heavy atom. The predicted molar refractivity (Wildman–Crippen MR) is 79.5 cm³/mol. The summed E-state index contributed by atoms with van der Waals surface area (Å²) in [6.45, 7) is 1.89. The molecule has 0 radical (unpaired) electrons. The van der Waals surface area contributed by atoms with Gasteiger partial charge in [-0.15, -0.1) is 0 Å². The number of amides is 1. The quantitative estimate of drug-likeness (QED) is 0.857. The smallest absolute Gasteiger partial charge is 0.376 e. The molecule has 0 saturated carbocycles. The van der Waals surface area contributed by atoms with Crippen LogP contribution in [-0.2, 0) is 17.5 Å². The van der Waals surface area contributed by atoms with Gasteiger partial charge in [0.25, 0.3) is 0 Å². The Kier molecular flexibility index (Phi) is 4.92. The summed E-state index contributed by atoms with van der Waals surface area (Å²) in [7, 11) is 0. The van der Waals surface area contributed by atoms with E-state index in [9.17, 15) is 18.0 Å². The van der Waals surface area contributed by atoms with Crippen molar-refractivity contribution in [1.29, 1.82) is 0 Å². The van der Waals surface area contributed by atoms with Crippen LogP contribution in [0.15, 0.2) is 36.7 Å². The van der Waals surface area contributed by atoms with Gasteiger partial charge in [-0.25, -0.2) is 0 Å². The van der Waals surface area contributed by atoms with Crippen LogP contribution in [0.5, 0.6) is 0 Å². The third kappa shape index (κ3) is 4.48. The standard InChI is InChI=1S/C15H17F3N4O/c1-2-13(10-3-5-11(6-4-10)15(16,17)18)21-12-7-20-22(8-12)9-14(19)23/h3-8,13,21H,2,9H2,1H3,(H2,19,23). The molecule has 23 heavy (non-hydrogen) atoms. The lowest BCUT2D eigenvalue weighted by molar-refractivity contribution is -0.137. The zero-order chi connectivity index (χ0) is 17.0. The molecule has 2 rings (SSSR count). The Balaban J connectivity index is 2.10. The molecule has 2 aromatic rings. The summed E-state index contributed by atoms with van der Waals surface area (Å²) in [5.74, 6) is -0.505. The average molecular weight is 326 g/mol. The Morgan fingerprint density at radius 3 is 2.52 bits per heavy atom. The molecule has 1 aromatic carbocycles. The second kappa shape index (κ2) is 6.72. The van der Waals surface area contributed by atoms with Crippen molar-refractivity contribution in [3.63, 3.8) is 0 Å². The van der Waals surface area contributed by atoms with Crippen LogP contribution in [-0.4, -0.2) is 15.7 Å². The van der Waals surface area contributed by atoms with E-state index in [1.807, 2.05) is 6.92 Å². The number of primary amides is 1. The van der Waals surface area contributed by atoms with Crippen molar-refractivity contribution >= 4 is 11.6 Å². The summed E-state index contributed by atoms with van der Waals surface area (Å²) in [6, 6.07) is 4.88. The molecule has 5 nitrogen and oxygen atoms in total. The lowest BCUT2D eigenvalue weighted by Gasteiger charge is -2.18. The number of alkyl halides is 3. The lowest BCUT2D eigenvalue weighted by Crippen LogP contribution is -2.18. The van der Waals surface area contributed by atoms with E-state index in [0.717, 1.165) is 17.7 Å². The van der Waals surface area contributed by atoms with Gasteiger partial charge in [0.2, 0.25) is 5.91 Å². The molecule has 0 bridgehead atoms. The minimum atomic E-state index is -4.34. The van der Waals surface area contributed by atoms with Crippen molar-refractivity contribution < 1.29 is 18.0 Å². The summed E-state index contributed by atoms with van der Waals surface area (Å²) in [5.41, 5.74) is 5.82. The lowest BCUT2D eigenvalue weighted by atomic mass is 10.0. The highest BCUT2D eigenvalue weighted by molar-refractivity contribution is 5.73. The zero-order valence-corrected chi connectivity index (χ0v) is 12.5. The number of rotatable bonds is 6. The molecule has 0 fully saturated rings. The number of carbonyl (C=O) groups excluding carboxylic acids is 1. The summed E-state index contributed by atoms with van der Waals surface area (Å²) in [5, 5.41) is 7.17. The number of carbonyl (C=O) groups is 1. The summed E-state index contributed by atoms with van der Waals surface area (Å²) in [6.07, 6.45) is -0.511. The maximum atomic E-state index is 12.6. The van der Waals surface area contributed by atoms with Gasteiger partial charge < -0.3 is 11.1 Å². The van der Waals surface area contributed by atoms with Crippen LogP contribution in [0.2, 0.25) is 0 Å². The molecular weight excluding hydrogens is 309 g/mol. The Morgan fingerprint density at radius 2 is 2.00 bits per heavy atom. The number of hydrogen-bond donors (Lipinski definition) is 2. The van der Waals surface area contributed by atoms with E-state index < -0.39 is 17.6 Å². The van der Waals surface area contributed by atoms with E-state index >= 15 is 0 Å². The highest BCUT2D eigenvalue weighted by Crippen LogP contribution is 2.31. The molecule has 0 spiro atoms. The fourth-order valence-electron chi connectivity index (χ4n) is 2.21. The molecule has 1 atom stereocenters. The van der Waals surface area contributed by atoms with Crippen LogP contribution >= 0.6 is 0 Å². The Hall–Kier alpha value is -2.51. The van der Waals surface area contributed by atoms with E-state index in [1.54, 1.807) is 6.20 Å². The number of aromatic nitrogens is 2. The Bertz CT molecular complexity index is 664. The van der Waals surface area contributed by atoms with Crippen LogP contribution in [0.4, 0.5) is 18.9 Å². The maximum absolute atomic E-state index is 12.6. The molecule has 1 unspecified atom stereocenters. The van der Waals surface area contributed by atoms with Crippen LogP contribution in [0.25, 0.3) is 0 Å². The van der Waals surface area contributed by atoms with Gasteiger partial charge >= 0.3 is 6.18 Å². The van der Waals surface area contributed by atoms with Crippen molar-refractivity contribution in [3.8, 4) is 0 Å². The van der Waals surface area contributed by atoms with Gasteiger partial charge in [0.05, 0.1) is 23.5 Å². The second-order valence-corrected chi connectivity index (χ2v) is 5.12. The van der Waals surface area contributed by atoms with Gasteiger partial charge in [-0.05, 0) is 24.1 Å². The van der Waals surface area contributed by atoms with Gasteiger partial charge in [0.15, 0.2) is 0 Å². The van der Waals surface area contributed by atoms with E-state index in [4.69, 9.17) is 5.73 Å². The van der Waals surface area contributed by atoms with Crippen LogP contribution < -0.4 is 11.1 Å². The second-order valence-electron chi connectivity index (χ2n) is 5.12. The van der Waals surface area contributed by atoms with Crippen molar-refractivity contribution in [2.45, 2.75) is 32.1 Å². The molecule has 8 heteroatoms. The van der Waals surface area contributed by atoms with Gasteiger partial charge in [-0.2, -0.15) is 18.3 Å². The van der Waals surface area contributed by atoms with Gasteiger partial charge in [0.1, 0.15) is 6.54 Å². The monoisotopic (exact) mass is 326 g/mol. The van der Waals surface area contributed by atoms with Gasteiger partial charge in [-0.3, -0.25) is 9.48 Å². The summed E-state index contributed by atoms with van der Waals surface area (Å²) >= 11 is 0. The van der Waals surface area contributed by atoms with E-state index in [0.29, 0.717) is 12.1 Å². The fourth-order valence-corrected chi connectivity index (χ4v) is 2.21. The number of benzene rings is 1. The van der Waals surface area contributed by atoms with E-state index in [2.05, 4.69) is 10.4 Å². The third-order valence-electron chi connectivity index (χ3n) is 3.34. The van der Waals surface area contributed by atoms with Crippen molar-refractivity contribution in [1.82, 2.24) is 9.78 Å².